The van der Waals surface area contributed by atoms with Gasteiger partial charge in [0.25, 0.3) is 5.91 Å². The quantitative estimate of drug-likeness (QED) is 0.803. The van der Waals surface area contributed by atoms with Gasteiger partial charge in [0, 0.05) is 24.8 Å². The van der Waals surface area contributed by atoms with Gasteiger partial charge < -0.3 is 5.32 Å². The zero-order valence-corrected chi connectivity index (χ0v) is 16.8. The Balaban J connectivity index is 1.89. The average molecular weight is 426 g/mol. The van der Waals surface area contributed by atoms with Gasteiger partial charge in [-0.1, -0.05) is 13.8 Å². The van der Waals surface area contributed by atoms with Crippen molar-refractivity contribution in [2.24, 2.45) is 11.8 Å². The predicted octanol–water partition coefficient (Wildman–Crippen LogP) is 4.02. The highest BCUT2D eigenvalue weighted by Crippen LogP contribution is 2.27. The van der Waals surface area contributed by atoms with Crippen LogP contribution in [0.3, 0.4) is 0 Å². The van der Waals surface area contributed by atoms with E-state index in [0.717, 1.165) is 42.8 Å². The van der Waals surface area contributed by atoms with Crippen LogP contribution in [0.4, 0.5) is 18.9 Å². The Kier molecular flexibility index (Phi) is 6.00. The van der Waals surface area contributed by atoms with Crippen molar-refractivity contribution >= 4 is 21.6 Å². The molecule has 9 heteroatoms. The SMILES string of the molecule is C[C@@H]1C[C@@H](C)CN(S(=O)(=O)c2ccc(F)c(C(=O)Nc3ccc(F)c(F)c3)c2)C1. The molecule has 1 N–H and O–H groups in total. The Hall–Kier alpha value is -2.39. The Morgan fingerprint density at radius 2 is 1.59 bits per heavy atom. The van der Waals surface area contributed by atoms with Crippen molar-refractivity contribution in [2.45, 2.75) is 25.2 Å². The van der Waals surface area contributed by atoms with Crippen LogP contribution in [0.5, 0.6) is 0 Å². The molecular weight excluding hydrogens is 405 g/mol. The zero-order chi connectivity index (χ0) is 21.3. The first-order chi connectivity index (χ1) is 13.6. The van der Waals surface area contributed by atoms with Gasteiger partial charge >= 0.3 is 0 Å². The van der Waals surface area contributed by atoms with Crippen molar-refractivity contribution in [3.05, 3.63) is 59.4 Å². The smallest absolute Gasteiger partial charge is 0.258 e. The third-order valence-corrected chi connectivity index (χ3v) is 6.66. The second-order valence-corrected chi connectivity index (χ2v) is 9.43. The number of carbonyl (C=O) groups excluding carboxylic acids is 1. The number of sulfonamides is 1. The summed E-state index contributed by atoms with van der Waals surface area (Å²) < 4.78 is 67.9. The molecule has 0 aromatic heterocycles. The van der Waals surface area contributed by atoms with E-state index >= 15 is 0 Å². The lowest BCUT2D eigenvalue weighted by Gasteiger charge is -2.34. The molecule has 0 radical (unpaired) electrons. The molecule has 1 saturated heterocycles. The van der Waals surface area contributed by atoms with E-state index in [-0.39, 0.29) is 22.4 Å². The van der Waals surface area contributed by atoms with Crippen molar-refractivity contribution in [1.82, 2.24) is 4.31 Å². The highest BCUT2D eigenvalue weighted by atomic mass is 32.2. The molecule has 0 saturated carbocycles. The highest BCUT2D eigenvalue weighted by molar-refractivity contribution is 7.89. The third-order valence-electron chi connectivity index (χ3n) is 4.83. The first kappa shape index (κ1) is 21.3. The van der Waals surface area contributed by atoms with E-state index in [1.165, 1.54) is 4.31 Å². The van der Waals surface area contributed by atoms with Crippen LogP contribution in [0.15, 0.2) is 41.3 Å². The molecule has 0 aliphatic carbocycles. The van der Waals surface area contributed by atoms with E-state index < -0.39 is 38.9 Å². The van der Waals surface area contributed by atoms with Crippen LogP contribution in [0.2, 0.25) is 0 Å². The number of hydrogen-bond acceptors (Lipinski definition) is 3. The fourth-order valence-electron chi connectivity index (χ4n) is 3.56. The first-order valence-corrected chi connectivity index (χ1v) is 10.6. The predicted molar refractivity (Wildman–Crippen MR) is 102 cm³/mol. The fourth-order valence-corrected chi connectivity index (χ4v) is 5.27. The molecule has 156 valence electrons. The molecule has 2 aromatic carbocycles. The molecule has 1 heterocycles. The Morgan fingerprint density at radius 3 is 2.21 bits per heavy atom. The second-order valence-electron chi connectivity index (χ2n) is 7.49. The zero-order valence-electron chi connectivity index (χ0n) is 16.0. The summed E-state index contributed by atoms with van der Waals surface area (Å²) in [6.07, 6.45) is 0.914. The highest BCUT2D eigenvalue weighted by Gasteiger charge is 2.32. The lowest BCUT2D eigenvalue weighted by atomic mass is 9.94. The van der Waals surface area contributed by atoms with Crippen molar-refractivity contribution in [2.75, 3.05) is 18.4 Å². The Labute approximate surface area is 167 Å². The van der Waals surface area contributed by atoms with Crippen molar-refractivity contribution < 1.29 is 26.4 Å². The Bertz CT molecular complexity index is 1030. The van der Waals surface area contributed by atoms with Gasteiger partial charge in [0.15, 0.2) is 11.6 Å². The third kappa shape index (κ3) is 4.62. The molecule has 2 atom stereocenters. The number of halogens is 3. The van der Waals surface area contributed by atoms with Gasteiger partial charge in [-0.05, 0) is 48.6 Å². The largest absolute Gasteiger partial charge is 0.322 e. The molecule has 3 rings (SSSR count). The molecule has 1 aliphatic heterocycles. The average Bonchev–Trinajstić information content (AvgIpc) is 2.64. The minimum Gasteiger partial charge on any atom is -0.322 e. The maximum atomic E-state index is 14.2. The summed E-state index contributed by atoms with van der Waals surface area (Å²) >= 11 is 0. The second kappa shape index (κ2) is 8.16. The molecule has 5 nitrogen and oxygen atoms in total. The maximum Gasteiger partial charge on any atom is 0.258 e. The van der Waals surface area contributed by atoms with Gasteiger partial charge in [-0.2, -0.15) is 4.31 Å². The van der Waals surface area contributed by atoms with Gasteiger partial charge in [-0.3, -0.25) is 4.79 Å². The van der Waals surface area contributed by atoms with Gasteiger partial charge in [0.1, 0.15) is 5.82 Å². The Morgan fingerprint density at radius 1 is 0.966 bits per heavy atom. The lowest BCUT2D eigenvalue weighted by Crippen LogP contribution is -2.42. The van der Waals surface area contributed by atoms with Crippen LogP contribution in [0.25, 0.3) is 0 Å². The molecule has 29 heavy (non-hydrogen) atoms. The van der Waals surface area contributed by atoms with Crippen molar-refractivity contribution in [3.8, 4) is 0 Å². The number of nitrogens with one attached hydrogen (secondary N) is 1. The molecule has 0 bridgehead atoms. The first-order valence-electron chi connectivity index (χ1n) is 9.14. The summed E-state index contributed by atoms with van der Waals surface area (Å²) in [4.78, 5) is 12.2. The molecule has 1 amide bonds. The summed E-state index contributed by atoms with van der Waals surface area (Å²) in [5.41, 5.74) is -0.589. The van der Waals surface area contributed by atoms with Crippen molar-refractivity contribution in [3.63, 3.8) is 0 Å². The summed E-state index contributed by atoms with van der Waals surface area (Å²) in [5, 5.41) is 2.25. The van der Waals surface area contributed by atoms with Gasteiger partial charge in [-0.25, -0.2) is 21.6 Å². The number of hydrogen-bond donors (Lipinski definition) is 1. The van der Waals surface area contributed by atoms with Crippen molar-refractivity contribution in [1.29, 1.82) is 0 Å². The summed E-state index contributed by atoms with van der Waals surface area (Å²) in [6.45, 7) is 4.62. The summed E-state index contributed by atoms with van der Waals surface area (Å²) in [7, 11) is -3.91. The lowest BCUT2D eigenvalue weighted by molar-refractivity contribution is 0.102. The van der Waals surface area contributed by atoms with Crippen LogP contribution >= 0.6 is 0 Å². The van der Waals surface area contributed by atoms with Crippen LogP contribution in [0, 0.1) is 29.3 Å². The number of rotatable bonds is 4. The summed E-state index contributed by atoms with van der Waals surface area (Å²) in [5.74, 6) is -3.79. The minimum absolute atomic E-state index is 0.0831. The van der Waals surface area contributed by atoms with E-state index in [0.29, 0.717) is 13.1 Å². The number of benzene rings is 2. The van der Waals surface area contributed by atoms with E-state index in [2.05, 4.69) is 5.32 Å². The number of amides is 1. The number of anilines is 1. The molecular formula is C20H21F3N2O3S. The van der Waals surface area contributed by atoms with Gasteiger partial charge in [0.2, 0.25) is 10.0 Å². The van der Waals surface area contributed by atoms with E-state index in [4.69, 9.17) is 0 Å². The molecule has 0 unspecified atom stereocenters. The minimum atomic E-state index is -3.91. The van der Waals surface area contributed by atoms with Crippen LogP contribution in [0.1, 0.15) is 30.6 Å². The molecule has 0 spiro atoms. The van der Waals surface area contributed by atoms with Crippen LogP contribution < -0.4 is 5.32 Å². The maximum absolute atomic E-state index is 14.2. The molecule has 1 fully saturated rings. The number of carbonyl (C=O) groups is 1. The van der Waals surface area contributed by atoms with E-state index in [1.807, 2.05) is 13.8 Å². The summed E-state index contributed by atoms with van der Waals surface area (Å²) in [6, 6.07) is 5.67. The number of piperidine rings is 1. The van der Waals surface area contributed by atoms with Gasteiger partial charge in [0.05, 0.1) is 10.5 Å². The number of nitrogens with zero attached hydrogens (tertiary/aromatic N) is 1. The fraction of sp³-hybridized carbons (Fsp3) is 0.350. The normalized spacial score (nSPS) is 20.4. The topological polar surface area (TPSA) is 66.5 Å². The van der Waals surface area contributed by atoms with E-state index in [1.54, 1.807) is 0 Å². The van der Waals surface area contributed by atoms with Crippen LogP contribution in [-0.4, -0.2) is 31.7 Å². The standard InChI is InChI=1S/C20H21F3N2O3S/c1-12-7-13(2)11-25(10-12)29(27,28)15-4-6-17(21)16(9-15)20(26)24-14-3-5-18(22)19(23)8-14/h3-6,8-9,12-13H,7,10-11H2,1-2H3,(H,24,26)/t12-,13-/m1/s1. The van der Waals surface area contributed by atoms with Gasteiger partial charge in [-0.15, -0.1) is 0 Å². The van der Waals surface area contributed by atoms with E-state index in [9.17, 15) is 26.4 Å². The van der Waals surface area contributed by atoms with Crippen LogP contribution in [-0.2, 0) is 10.0 Å². The monoisotopic (exact) mass is 426 g/mol. The molecule has 2 aromatic rings. The molecule has 1 aliphatic rings.